The molecular formula is C13H16O5. The maximum atomic E-state index is 11.6. The van der Waals surface area contributed by atoms with Crippen LogP contribution in [0.25, 0.3) is 0 Å². The summed E-state index contributed by atoms with van der Waals surface area (Å²) in [5.74, 6) is 1.19. The van der Waals surface area contributed by atoms with Crippen molar-refractivity contribution in [2.75, 3.05) is 13.2 Å². The molecule has 0 saturated carbocycles. The van der Waals surface area contributed by atoms with Crippen LogP contribution in [-0.4, -0.2) is 31.6 Å². The molecule has 2 fully saturated rings. The third-order valence-corrected chi connectivity index (χ3v) is 2.45. The van der Waals surface area contributed by atoms with E-state index in [0.29, 0.717) is 31.2 Å². The Labute approximate surface area is 106 Å². The van der Waals surface area contributed by atoms with Crippen molar-refractivity contribution in [3.05, 3.63) is 36.8 Å². The van der Waals surface area contributed by atoms with Crippen molar-refractivity contribution in [1.29, 1.82) is 0 Å². The molecular weight excluding hydrogens is 236 g/mol. The molecule has 2 rings (SSSR count). The minimum absolute atomic E-state index is 0.0303. The first-order valence-electron chi connectivity index (χ1n) is 5.74. The minimum atomic E-state index is -0.489. The largest absolute Gasteiger partial charge is 0.467 e. The monoisotopic (exact) mass is 252 g/mol. The zero-order valence-electron chi connectivity index (χ0n) is 10.1. The van der Waals surface area contributed by atoms with Crippen LogP contribution in [0, 0.1) is 0 Å². The van der Waals surface area contributed by atoms with Crippen molar-refractivity contribution < 1.29 is 23.7 Å². The van der Waals surface area contributed by atoms with Gasteiger partial charge in [0.2, 0.25) is 12.6 Å². The molecule has 0 amide bonds. The number of allylic oxidation sites excluding steroid dienone is 1. The smallest absolute Gasteiger partial charge is 0.219 e. The van der Waals surface area contributed by atoms with Gasteiger partial charge in [0.15, 0.2) is 0 Å². The highest BCUT2D eigenvalue weighted by Crippen LogP contribution is 2.17. The molecule has 98 valence electrons. The molecule has 0 bridgehead atoms. The van der Waals surface area contributed by atoms with Gasteiger partial charge in [-0.1, -0.05) is 19.2 Å². The third kappa shape index (κ3) is 3.72. The number of ether oxygens (including phenoxy) is 4. The SMILES string of the molecule is C=C1COC(C=CCC(=O)CC2OCC(=C)O2)O1. The molecule has 2 unspecified atom stereocenters. The van der Waals surface area contributed by atoms with Crippen molar-refractivity contribution in [3.8, 4) is 0 Å². The van der Waals surface area contributed by atoms with Crippen LogP contribution in [0.3, 0.4) is 0 Å². The van der Waals surface area contributed by atoms with Gasteiger partial charge in [-0.15, -0.1) is 0 Å². The number of hydrogen-bond acceptors (Lipinski definition) is 5. The summed E-state index contributed by atoms with van der Waals surface area (Å²) in [5, 5.41) is 0. The molecule has 2 aliphatic rings. The molecule has 0 aromatic carbocycles. The van der Waals surface area contributed by atoms with Crippen molar-refractivity contribution >= 4 is 5.78 Å². The van der Waals surface area contributed by atoms with Crippen LogP contribution in [0.1, 0.15) is 12.8 Å². The fraction of sp³-hybridized carbons (Fsp3) is 0.462. The highest BCUT2D eigenvalue weighted by Gasteiger charge is 2.22. The fourth-order valence-corrected chi connectivity index (χ4v) is 1.62. The Balaban J connectivity index is 1.66. The second-order valence-electron chi connectivity index (χ2n) is 4.11. The maximum absolute atomic E-state index is 11.6. The lowest BCUT2D eigenvalue weighted by atomic mass is 10.2. The van der Waals surface area contributed by atoms with Crippen LogP contribution < -0.4 is 0 Å². The van der Waals surface area contributed by atoms with Gasteiger partial charge in [-0.25, -0.2) is 0 Å². The van der Waals surface area contributed by atoms with Gasteiger partial charge in [0.05, 0.1) is 6.42 Å². The van der Waals surface area contributed by atoms with Crippen molar-refractivity contribution in [2.24, 2.45) is 0 Å². The van der Waals surface area contributed by atoms with E-state index in [1.54, 1.807) is 12.2 Å². The highest BCUT2D eigenvalue weighted by molar-refractivity contribution is 5.80. The lowest BCUT2D eigenvalue weighted by Gasteiger charge is -2.07. The van der Waals surface area contributed by atoms with Gasteiger partial charge in [0, 0.05) is 6.42 Å². The van der Waals surface area contributed by atoms with Crippen LogP contribution in [0.2, 0.25) is 0 Å². The van der Waals surface area contributed by atoms with Crippen molar-refractivity contribution in [2.45, 2.75) is 25.4 Å². The first kappa shape index (κ1) is 12.9. The number of hydrogen-bond donors (Lipinski definition) is 0. The standard InChI is InChI=1S/C13H16O5/c1-9-7-15-12(17-9)5-3-4-11(14)6-13-16-8-10(2)18-13/h3,5,12-13H,1-2,4,6-8H2. The quantitative estimate of drug-likeness (QED) is 0.696. The zero-order chi connectivity index (χ0) is 13.0. The van der Waals surface area contributed by atoms with Crippen LogP contribution >= 0.6 is 0 Å². The highest BCUT2D eigenvalue weighted by atomic mass is 16.7. The van der Waals surface area contributed by atoms with E-state index in [-0.39, 0.29) is 12.2 Å². The molecule has 0 aromatic rings. The minimum Gasteiger partial charge on any atom is -0.467 e. The Morgan fingerprint density at radius 2 is 1.94 bits per heavy atom. The van der Waals surface area contributed by atoms with Gasteiger partial charge in [0.25, 0.3) is 0 Å². The summed E-state index contributed by atoms with van der Waals surface area (Å²) >= 11 is 0. The Morgan fingerprint density at radius 3 is 2.56 bits per heavy atom. The van der Waals surface area contributed by atoms with E-state index >= 15 is 0 Å². The first-order chi connectivity index (χ1) is 8.63. The fourth-order valence-electron chi connectivity index (χ4n) is 1.62. The lowest BCUT2D eigenvalue weighted by Crippen LogP contribution is -2.13. The number of carbonyl (C=O) groups is 1. The van der Waals surface area contributed by atoms with Crippen LogP contribution in [0.15, 0.2) is 36.8 Å². The third-order valence-electron chi connectivity index (χ3n) is 2.45. The summed E-state index contributed by atoms with van der Waals surface area (Å²) in [4.78, 5) is 11.6. The average Bonchev–Trinajstić information content (AvgIpc) is 2.88. The molecule has 0 spiro atoms. The molecule has 5 heteroatoms. The Bertz CT molecular complexity index is 385. The number of carbonyl (C=O) groups excluding carboxylic acids is 1. The molecule has 5 nitrogen and oxygen atoms in total. The van der Waals surface area contributed by atoms with E-state index < -0.39 is 12.6 Å². The molecule has 0 radical (unpaired) electrons. The maximum Gasteiger partial charge on any atom is 0.219 e. The van der Waals surface area contributed by atoms with Gasteiger partial charge in [0.1, 0.15) is 30.5 Å². The zero-order valence-corrected chi connectivity index (χ0v) is 10.1. The number of ketones is 1. The van der Waals surface area contributed by atoms with E-state index in [9.17, 15) is 4.79 Å². The number of rotatable bonds is 5. The van der Waals surface area contributed by atoms with E-state index in [1.807, 2.05) is 0 Å². The van der Waals surface area contributed by atoms with Crippen molar-refractivity contribution in [1.82, 2.24) is 0 Å². The van der Waals surface area contributed by atoms with Gasteiger partial charge in [-0.05, 0) is 6.08 Å². The number of Topliss-reactive ketones (excluding diaryl/α,β-unsaturated/α-hetero) is 1. The predicted octanol–water partition coefficient (Wildman–Crippen LogP) is 1.67. The molecule has 0 N–H and O–H groups in total. The first-order valence-corrected chi connectivity index (χ1v) is 5.74. The van der Waals surface area contributed by atoms with Gasteiger partial charge in [-0.2, -0.15) is 0 Å². The van der Waals surface area contributed by atoms with E-state index in [4.69, 9.17) is 18.9 Å². The van der Waals surface area contributed by atoms with E-state index in [1.165, 1.54) is 0 Å². The second-order valence-corrected chi connectivity index (χ2v) is 4.11. The molecule has 0 aliphatic carbocycles. The van der Waals surface area contributed by atoms with Gasteiger partial charge >= 0.3 is 0 Å². The summed E-state index contributed by atoms with van der Waals surface area (Å²) in [7, 11) is 0. The Morgan fingerprint density at radius 1 is 1.22 bits per heavy atom. The van der Waals surface area contributed by atoms with Crippen molar-refractivity contribution in [3.63, 3.8) is 0 Å². The Kier molecular flexibility index (Phi) is 4.17. The molecule has 0 aromatic heterocycles. The summed E-state index contributed by atoms with van der Waals surface area (Å²) in [5.41, 5.74) is 0. The summed E-state index contributed by atoms with van der Waals surface area (Å²) in [6.45, 7) is 8.01. The van der Waals surface area contributed by atoms with E-state index in [0.717, 1.165) is 0 Å². The summed E-state index contributed by atoms with van der Waals surface area (Å²) in [6.07, 6.45) is 3.02. The summed E-state index contributed by atoms with van der Waals surface area (Å²) < 4.78 is 20.8. The predicted molar refractivity (Wildman–Crippen MR) is 63.3 cm³/mol. The van der Waals surface area contributed by atoms with Crippen LogP contribution in [0.5, 0.6) is 0 Å². The van der Waals surface area contributed by atoms with E-state index in [2.05, 4.69) is 13.2 Å². The molecule has 2 saturated heterocycles. The van der Waals surface area contributed by atoms with Gasteiger partial charge < -0.3 is 18.9 Å². The lowest BCUT2D eigenvalue weighted by molar-refractivity contribution is -0.125. The molecule has 2 atom stereocenters. The van der Waals surface area contributed by atoms with Crippen LogP contribution in [-0.2, 0) is 23.7 Å². The molecule has 18 heavy (non-hydrogen) atoms. The summed E-state index contributed by atoms with van der Waals surface area (Å²) in [6, 6.07) is 0. The second kappa shape index (κ2) is 5.84. The van der Waals surface area contributed by atoms with Gasteiger partial charge in [-0.3, -0.25) is 4.79 Å². The normalized spacial score (nSPS) is 27.6. The average molecular weight is 252 g/mol. The topological polar surface area (TPSA) is 54.0 Å². The Hall–Kier alpha value is -1.59. The molecule has 2 aliphatic heterocycles. The van der Waals surface area contributed by atoms with Crippen LogP contribution in [0.4, 0.5) is 0 Å². The molecule has 2 heterocycles.